The van der Waals surface area contributed by atoms with Gasteiger partial charge in [0, 0.05) is 12.2 Å². The molecule has 1 saturated heterocycles. The molecule has 0 spiro atoms. The summed E-state index contributed by atoms with van der Waals surface area (Å²) in [4.78, 5) is 26.4. The molecule has 1 heterocycles. The van der Waals surface area contributed by atoms with E-state index in [1.807, 2.05) is 0 Å². The Morgan fingerprint density at radius 2 is 1.91 bits per heavy atom. The van der Waals surface area contributed by atoms with Crippen LogP contribution in [-0.2, 0) is 15.7 Å². The summed E-state index contributed by atoms with van der Waals surface area (Å²) in [5.74, 6) is 0.242. The maximum absolute atomic E-state index is 13.1. The largest absolute Gasteiger partial charge is 0.434 e. The fourth-order valence-electron chi connectivity index (χ4n) is 4.69. The molecule has 0 bridgehead atoms. The first-order chi connectivity index (χ1) is 16.5. The van der Waals surface area contributed by atoms with Gasteiger partial charge in [-0.05, 0) is 43.0 Å². The van der Waals surface area contributed by atoms with Crippen LogP contribution >= 0.6 is 0 Å². The van der Waals surface area contributed by atoms with E-state index >= 15 is 0 Å². The lowest BCUT2D eigenvalue weighted by Gasteiger charge is -2.31. The lowest BCUT2D eigenvalue weighted by molar-refractivity contribution is -0.137. The highest BCUT2D eigenvalue weighted by atomic mass is 19.4. The maximum Gasteiger partial charge on any atom is 0.416 e. The van der Waals surface area contributed by atoms with Crippen LogP contribution in [0.1, 0.15) is 57.9 Å². The summed E-state index contributed by atoms with van der Waals surface area (Å²) >= 11 is 0. The van der Waals surface area contributed by atoms with E-state index in [1.165, 1.54) is 18.6 Å². The molecule has 0 aromatic heterocycles. The van der Waals surface area contributed by atoms with E-state index in [9.17, 15) is 27.9 Å². The predicted octanol–water partition coefficient (Wildman–Crippen LogP) is 4.09. The number of aliphatic hydroxyl groups excluding tert-OH is 1. The molecule has 196 valence electrons. The van der Waals surface area contributed by atoms with Crippen molar-refractivity contribution in [3.8, 4) is 0 Å². The molecule has 7 nitrogen and oxygen atoms in total. The number of hydrogen-bond acceptors (Lipinski definition) is 5. The molecule has 35 heavy (non-hydrogen) atoms. The topological polar surface area (TPSA) is 90.9 Å². The van der Waals surface area contributed by atoms with Gasteiger partial charge in [-0.2, -0.15) is 13.2 Å². The van der Waals surface area contributed by atoms with E-state index in [4.69, 9.17) is 4.74 Å². The highest BCUT2D eigenvalue weighted by Crippen LogP contribution is 2.33. The van der Waals surface area contributed by atoms with Crippen molar-refractivity contribution >= 4 is 17.7 Å². The van der Waals surface area contributed by atoms with Crippen LogP contribution in [0.25, 0.3) is 0 Å². The second-order valence-corrected chi connectivity index (χ2v) is 10.0. The molecule has 2 amide bonds. The number of hydrogen-bond donors (Lipinski definition) is 3. The van der Waals surface area contributed by atoms with Crippen LogP contribution in [0, 0.1) is 11.8 Å². The molecule has 2 aliphatic rings. The zero-order chi connectivity index (χ0) is 25.6. The Labute approximate surface area is 204 Å². The third-order valence-corrected chi connectivity index (χ3v) is 6.60. The summed E-state index contributed by atoms with van der Waals surface area (Å²) < 4.78 is 44.4. The normalized spacial score (nSPS) is 21.2. The molecule has 0 radical (unpaired) electrons. The second-order valence-electron chi connectivity index (χ2n) is 10.0. The maximum atomic E-state index is 13.1. The van der Waals surface area contributed by atoms with E-state index < -0.39 is 42.0 Å². The van der Waals surface area contributed by atoms with Crippen LogP contribution in [0.5, 0.6) is 0 Å². The number of amides is 2. The number of rotatable bonds is 10. The molecule has 1 aromatic carbocycles. The zero-order valence-corrected chi connectivity index (χ0v) is 20.3. The smallest absolute Gasteiger partial charge is 0.416 e. The Kier molecular flexibility index (Phi) is 9.40. The Balaban J connectivity index is 1.65. The van der Waals surface area contributed by atoms with Gasteiger partial charge in [-0.15, -0.1) is 0 Å². The highest BCUT2D eigenvalue weighted by Gasteiger charge is 2.39. The van der Waals surface area contributed by atoms with E-state index in [-0.39, 0.29) is 12.2 Å². The number of ether oxygens (including phenoxy) is 1. The predicted molar refractivity (Wildman–Crippen MR) is 126 cm³/mol. The van der Waals surface area contributed by atoms with Gasteiger partial charge in [0.15, 0.2) is 6.10 Å². The van der Waals surface area contributed by atoms with E-state index in [2.05, 4.69) is 24.5 Å². The van der Waals surface area contributed by atoms with Crippen molar-refractivity contribution in [3.63, 3.8) is 0 Å². The molecule has 1 aliphatic heterocycles. The van der Waals surface area contributed by atoms with Crippen molar-refractivity contribution in [1.29, 1.82) is 0 Å². The lowest BCUT2D eigenvalue weighted by Crippen LogP contribution is -2.52. The first kappa shape index (κ1) is 27.3. The van der Waals surface area contributed by atoms with Crippen molar-refractivity contribution in [2.75, 3.05) is 24.5 Å². The third kappa shape index (κ3) is 7.83. The number of cyclic esters (lactones) is 1. The Hall–Kier alpha value is -2.33. The summed E-state index contributed by atoms with van der Waals surface area (Å²) in [6.07, 6.45) is -1.30. The van der Waals surface area contributed by atoms with E-state index in [1.54, 1.807) is 0 Å². The van der Waals surface area contributed by atoms with Crippen molar-refractivity contribution in [1.82, 2.24) is 10.6 Å². The minimum atomic E-state index is -4.55. The number of nitrogens with one attached hydrogen (secondary N) is 2. The number of benzene rings is 1. The Morgan fingerprint density at radius 3 is 2.57 bits per heavy atom. The van der Waals surface area contributed by atoms with Crippen LogP contribution in [-0.4, -0.2) is 55.0 Å². The number of anilines is 1. The summed E-state index contributed by atoms with van der Waals surface area (Å²) in [6, 6.07) is 3.83. The summed E-state index contributed by atoms with van der Waals surface area (Å²) in [7, 11) is 0. The van der Waals surface area contributed by atoms with Crippen LogP contribution in [0.2, 0.25) is 0 Å². The first-order valence-electron chi connectivity index (χ1n) is 12.4. The Bertz CT molecular complexity index is 859. The molecule has 10 heteroatoms. The van der Waals surface area contributed by atoms with Crippen LogP contribution in [0.15, 0.2) is 24.3 Å². The molecule has 1 aliphatic carbocycles. The van der Waals surface area contributed by atoms with Gasteiger partial charge in [-0.3, -0.25) is 9.69 Å². The SMILES string of the molecule is CC(C)CNC[C@@H](O)[C@H](CC1CCCCC1)NC(=O)[C@@H]1CN(c2cccc(C(F)(F)F)c2)C(=O)O1. The standard InChI is InChI=1S/C25H36F3N3O4/c1-16(2)13-29-14-21(32)20(11-17-7-4-3-5-8-17)30-23(33)22-15-31(24(34)35-22)19-10-6-9-18(12-19)25(26,27)28/h6,9-10,12,16-17,20-22,29,32H,3-5,7-8,11,13-15H2,1-2H3,(H,30,33)/t20-,21+,22-/m0/s1. The molecular weight excluding hydrogens is 463 g/mol. The van der Waals surface area contributed by atoms with Crippen molar-refractivity contribution in [2.24, 2.45) is 11.8 Å². The minimum absolute atomic E-state index is 0.0109. The molecule has 3 N–H and O–H groups in total. The van der Waals surface area contributed by atoms with Gasteiger partial charge in [0.1, 0.15) is 0 Å². The molecule has 1 aromatic rings. The van der Waals surface area contributed by atoms with Crippen LogP contribution in [0.4, 0.5) is 23.7 Å². The molecule has 3 atom stereocenters. The van der Waals surface area contributed by atoms with Crippen molar-refractivity contribution < 1.29 is 32.6 Å². The van der Waals surface area contributed by atoms with Crippen molar-refractivity contribution in [2.45, 2.75) is 76.8 Å². The van der Waals surface area contributed by atoms with Crippen LogP contribution in [0.3, 0.4) is 0 Å². The number of aliphatic hydroxyl groups is 1. The van der Waals surface area contributed by atoms with Crippen LogP contribution < -0.4 is 15.5 Å². The average Bonchev–Trinajstić information content (AvgIpc) is 3.20. The van der Waals surface area contributed by atoms with Gasteiger partial charge < -0.3 is 20.5 Å². The highest BCUT2D eigenvalue weighted by molar-refractivity contribution is 5.95. The van der Waals surface area contributed by atoms with Crippen molar-refractivity contribution in [3.05, 3.63) is 29.8 Å². The molecule has 0 unspecified atom stereocenters. The molecule has 2 fully saturated rings. The second kappa shape index (κ2) is 12.1. The molecule has 1 saturated carbocycles. The van der Waals surface area contributed by atoms with Gasteiger partial charge in [-0.1, -0.05) is 52.0 Å². The monoisotopic (exact) mass is 499 g/mol. The summed E-state index contributed by atoms with van der Waals surface area (Å²) in [6.45, 7) is 4.96. The molecular formula is C25H36F3N3O4. The minimum Gasteiger partial charge on any atom is -0.434 e. The quantitative estimate of drug-likeness (QED) is 0.451. The third-order valence-electron chi connectivity index (χ3n) is 6.60. The van der Waals surface area contributed by atoms with Gasteiger partial charge in [-0.25, -0.2) is 4.79 Å². The number of nitrogens with zero attached hydrogens (tertiary/aromatic N) is 1. The van der Waals surface area contributed by atoms with Gasteiger partial charge in [0.2, 0.25) is 0 Å². The lowest BCUT2D eigenvalue weighted by atomic mass is 9.83. The number of halogens is 3. The average molecular weight is 500 g/mol. The fourth-order valence-corrected chi connectivity index (χ4v) is 4.69. The number of carbonyl (C=O) groups is 2. The van der Waals surface area contributed by atoms with Gasteiger partial charge >= 0.3 is 12.3 Å². The van der Waals surface area contributed by atoms with Gasteiger partial charge in [0.25, 0.3) is 5.91 Å². The van der Waals surface area contributed by atoms with Gasteiger partial charge in [0.05, 0.1) is 24.3 Å². The number of alkyl halides is 3. The zero-order valence-electron chi connectivity index (χ0n) is 20.3. The first-order valence-corrected chi connectivity index (χ1v) is 12.4. The number of carbonyl (C=O) groups excluding carboxylic acids is 2. The van der Waals surface area contributed by atoms with E-state index in [0.717, 1.165) is 49.3 Å². The Morgan fingerprint density at radius 1 is 1.20 bits per heavy atom. The summed E-state index contributed by atoms with van der Waals surface area (Å²) in [5.41, 5.74) is -0.878. The fraction of sp³-hybridized carbons (Fsp3) is 0.680. The summed E-state index contributed by atoms with van der Waals surface area (Å²) in [5, 5.41) is 16.9. The van der Waals surface area contributed by atoms with E-state index in [0.29, 0.717) is 24.8 Å². The molecule has 3 rings (SSSR count).